The Bertz CT molecular complexity index is 384. The zero-order valence-electron chi connectivity index (χ0n) is 8.74. The van der Waals surface area contributed by atoms with Gasteiger partial charge in [0.15, 0.2) is 5.12 Å². The zero-order valence-corrected chi connectivity index (χ0v) is 10.4. The first-order chi connectivity index (χ1) is 7.22. The van der Waals surface area contributed by atoms with Crippen LogP contribution in [0.2, 0.25) is 0 Å². The predicted molar refractivity (Wildman–Crippen MR) is 68.2 cm³/mol. The first kappa shape index (κ1) is 12.2. The van der Waals surface area contributed by atoms with E-state index in [4.69, 9.17) is 0 Å². The minimum absolute atomic E-state index is 0.113. The third-order valence-corrected chi connectivity index (χ3v) is 3.11. The molecule has 78 valence electrons. The highest BCUT2D eigenvalue weighted by atomic mass is 32.2. The number of thioether (sulfide) groups is 2. The molecule has 0 bridgehead atoms. The van der Waals surface area contributed by atoms with Crippen LogP contribution >= 0.6 is 23.5 Å². The van der Waals surface area contributed by atoms with Crippen molar-refractivity contribution in [2.24, 2.45) is 0 Å². The highest BCUT2D eigenvalue weighted by Gasteiger charge is 1.90. The van der Waals surface area contributed by atoms with E-state index >= 15 is 0 Å². The van der Waals surface area contributed by atoms with E-state index in [0.29, 0.717) is 5.75 Å². The molecule has 1 rings (SSSR count). The molecule has 0 aliphatic carbocycles. The van der Waals surface area contributed by atoms with Gasteiger partial charge in [-0.2, -0.15) is 0 Å². The van der Waals surface area contributed by atoms with Crippen molar-refractivity contribution in [1.82, 2.24) is 0 Å². The van der Waals surface area contributed by atoms with E-state index in [-0.39, 0.29) is 5.12 Å². The van der Waals surface area contributed by atoms with Crippen LogP contribution in [0, 0.1) is 11.8 Å². The standard InChI is InChI=1S/C12H12OS2/c1-10(13)15-9-3-4-11-5-7-12(14-2)8-6-11/h5-8H,9H2,1-2H3. The molecule has 0 aromatic heterocycles. The van der Waals surface area contributed by atoms with Crippen molar-refractivity contribution in [1.29, 1.82) is 0 Å². The van der Waals surface area contributed by atoms with Crippen LogP contribution in [-0.4, -0.2) is 17.1 Å². The predicted octanol–water partition coefficient (Wildman–Crippen LogP) is 3.04. The van der Waals surface area contributed by atoms with Gasteiger partial charge in [0.25, 0.3) is 0 Å². The molecule has 0 atom stereocenters. The molecular formula is C12H12OS2. The highest BCUT2D eigenvalue weighted by molar-refractivity contribution is 8.13. The molecule has 0 saturated heterocycles. The Balaban J connectivity index is 2.52. The lowest BCUT2D eigenvalue weighted by molar-refractivity contribution is -0.109. The molecule has 0 spiro atoms. The Morgan fingerprint density at radius 1 is 1.33 bits per heavy atom. The molecule has 0 unspecified atom stereocenters. The van der Waals surface area contributed by atoms with Crippen LogP contribution in [-0.2, 0) is 4.79 Å². The van der Waals surface area contributed by atoms with Gasteiger partial charge in [0.1, 0.15) is 0 Å². The normalized spacial score (nSPS) is 9.20. The van der Waals surface area contributed by atoms with Crippen molar-refractivity contribution in [3.8, 4) is 11.8 Å². The summed E-state index contributed by atoms with van der Waals surface area (Å²) in [5.74, 6) is 6.54. The average molecular weight is 236 g/mol. The molecule has 1 aromatic carbocycles. The lowest BCUT2D eigenvalue weighted by Gasteiger charge is -1.94. The Morgan fingerprint density at radius 2 is 2.00 bits per heavy atom. The monoisotopic (exact) mass is 236 g/mol. The van der Waals surface area contributed by atoms with Crippen molar-refractivity contribution in [2.75, 3.05) is 12.0 Å². The molecule has 1 aromatic rings. The van der Waals surface area contributed by atoms with Gasteiger partial charge in [0.2, 0.25) is 0 Å². The third kappa shape index (κ3) is 4.96. The van der Waals surface area contributed by atoms with E-state index in [1.165, 1.54) is 16.7 Å². The van der Waals surface area contributed by atoms with Gasteiger partial charge in [-0.15, -0.1) is 11.8 Å². The van der Waals surface area contributed by atoms with E-state index in [2.05, 4.69) is 11.8 Å². The minimum Gasteiger partial charge on any atom is -0.288 e. The molecule has 1 nitrogen and oxygen atoms in total. The molecule has 0 amide bonds. The highest BCUT2D eigenvalue weighted by Crippen LogP contribution is 2.14. The second-order valence-corrected chi connectivity index (χ2v) is 4.84. The number of rotatable bonds is 2. The van der Waals surface area contributed by atoms with E-state index in [1.54, 1.807) is 18.7 Å². The molecule has 15 heavy (non-hydrogen) atoms. The fourth-order valence-electron chi connectivity index (χ4n) is 0.950. The second-order valence-electron chi connectivity index (χ2n) is 2.81. The van der Waals surface area contributed by atoms with Gasteiger partial charge in [-0.05, 0) is 30.5 Å². The van der Waals surface area contributed by atoms with Gasteiger partial charge in [-0.25, -0.2) is 0 Å². The van der Waals surface area contributed by atoms with Gasteiger partial charge >= 0.3 is 0 Å². The van der Waals surface area contributed by atoms with E-state index in [1.807, 2.05) is 30.5 Å². The first-order valence-electron chi connectivity index (χ1n) is 4.48. The molecular weight excluding hydrogens is 224 g/mol. The van der Waals surface area contributed by atoms with Crippen LogP contribution in [0.3, 0.4) is 0 Å². The topological polar surface area (TPSA) is 17.1 Å². The lowest BCUT2D eigenvalue weighted by Crippen LogP contribution is -1.82. The van der Waals surface area contributed by atoms with Crippen LogP contribution in [0.4, 0.5) is 0 Å². The van der Waals surface area contributed by atoms with E-state index in [0.717, 1.165) is 5.56 Å². The molecule has 3 heteroatoms. The number of hydrogen-bond donors (Lipinski definition) is 0. The smallest absolute Gasteiger partial charge is 0.186 e. The van der Waals surface area contributed by atoms with Crippen molar-refractivity contribution in [3.05, 3.63) is 29.8 Å². The molecule has 0 aliphatic heterocycles. The summed E-state index contributed by atoms with van der Waals surface area (Å²) in [6, 6.07) is 8.09. The van der Waals surface area contributed by atoms with E-state index < -0.39 is 0 Å². The van der Waals surface area contributed by atoms with Crippen LogP contribution in [0.15, 0.2) is 29.2 Å². The maximum Gasteiger partial charge on any atom is 0.186 e. The van der Waals surface area contributed by atoms with Gasteiger partial charge < -0.3 is 0 Å². The van der Waals surface area contributed by atoms with Gasteiger partial charge in [-0.1, -0.05) is 23.6 Å². The first-order valence-corrected chi connectivity index (χ1v) is 6.69. The summed E-state index contributed by atoms with van der Waals surface area (Å²) in [4.78, 5) is 11.9. The van der Waals surface area contributed by atoms with Crippen molar-refractivity contribution in [3.63, 3.8) is 0 Å². The lowest BCUT2D eigenvalue weighted by atomic mass is 10.2. The SMILES string of the molecule is CSc1ccc(C#CCSC(C)=O)cc1. The molecule has 0 aliphatic rings. The van der Waals surface area contributed by atoms with Crippen LogP contribution < -0.4 is 0 Å². The van der Waals surface area contributed by atoms with Crippen molar-refractivity contribution < 1.29 is 4.79 Å². The Hall–Kier alpha value is -0.850. The summed E-state index contributed by atoms with van der Waals surface area (Å²) >= 11 is 2.95. The van der Waals surface area contributed by atoms with Crippen molar-refractivity contribution in [2.45, 2.75) is 11.8 Å². The number of carbonyl (C=O) groups excluding carboxylic acids is 1. The average Bonchev–Trinajstić information content (AvgIpc) is 2.25. The number of benzene rings is 1. The largest absolute Gasteiger partial charge is 0.288 e. The molecule has 0 radical (unpaired) electrons. The second kappa shape index (κ2) is 6.60. The third-order valence-electron chi connectivity index (χ3n) is 1.67. The number of carbonyl (C=O) groups is 1. The van der Waals surface area contributed by atoms with Gasteiger partial charge in [0, 0.05) is 17.4 Å². The quantitative estimate of drug-likeness (QED) is 0.580. The summed E-state index contributed by atoms with van der Waals surface area (Å²) in [6.45, 7) is 1.56. The minimum atomic E-state index is 0.113. The maximum absolute atomic E-state index is 10.6. The summed E-state index contributed by atoms with van der Waals surface area (Å²) in [5, 5.41) is 0.113. The van der Waals surface area contributed by atoms with Gasteiger partial charge in [0.05, 0.1) is 5.75 Å². The zero-order chi connectivity index (χ0) is 11.1. The molecule has 0 N–H and O–H groups in total. The Kier molecular flexibility index (Phi) is 5.38. The Labute approximate surface area is 99.0 Å². The molecule has 0 heterocycles. The van der Waals surface area contributed by atoms with Crippen LogP contribution in [0.1, 0.15) is 12.5 Å². The molecule has 0 fully saturated rings. The number of hydrogen-bond acceptors (Lipinski definition) is 3. The fraction of sp³-hybridized carbons (Fsp3) is 0.250. The summed E-state index contributed by atoms with van der Waals surface area (Å²) in [6.07, 6.45) is 2.05. The van der Waals surface area contributed by atoms with E-state index in [9.17, 15) is 4.79 Å². The van der Waals surface area contributed by atoms with Crippen molar-refractivity contribution >= 4 is 28.6 Å². The fourth-order valence-corrected chi connectivity index (χ4v) is 1.71. The Morgan fingerprint density at radius 3 is 2.53 bits per heavy atom. The van der Waals surface area contributed by atoms with Crippen LogP contribution in [0.25, 0.3) is 0 Å². The van der Waals surface area contributed by atoms with Gasteiger partial charge in [-0.3, -0.25) is 4.79 Å². The summed E-state index contributed by atoms with van der Waals surface area (Å²) < 4.78 is 0. The summed E-state index contributed by atoms with van der Waals surface area (Å²) in [5.41, 5.74) is 0.997. The molecule has 0 saturated carbocycles. The summed E-state index contributed by atoms with van der Waals surface area (Å²) in [7, 11) is 0. The maximum atomic E-state index is 10.6. The van der Waals surface area contributed by atoms with Crippen LogP contribution in [0.5, 0.6) is 0 Å².